The Balaban J connectivity index is 2.04. The van der Waals surface area contributed by atoms with Crippen LogP contribution in [0, 0.1) is 0 Å². The maximum atomic E-state index is 13.1. The number of hydrogen-bond acceptors (Lipinski definition) is 6. The van der Waals surface area contributed by atoms with Crippen molar-refractivity contribution in [1.29, 1.82) is 0 Å². The number of Topliss-reactive ketones (excluding diaryl/α,β-unsaturated/α-hetero) is 1. The molecular weight excluding hydrogens is 506 g/mol. The number of ketones is 1. The predicted octanol–water partition coefficient (Wildman–Crippen LogP) is 4.53. The van der Waals surface area contributed by atoms with Crippen molar-refractivity contribution < 1.29 is 34.1 Å². The second-order valence-corrected chi connectivity index (χ2v) is 8.73. The first-order valence-corrected chi connectivity index (χ1v) is 11.6. The average molecular weight is 532 g/mol. The van der Waals surface area contributed by atoms with Crippen LogP contribution in [0.15, 0.2) is 52.5 Å². The number of methoxy groups -OCH3 is 2. The molecule has 0 aliphatic carbocycles. The average Bonchev–Trinajstić information content (AvgIpc) is 3.08. The van der Waals surface area contributed by atoms with Crippen molar-refractivity contribution >= 4 is 39.3 Å². The number of rotatable bonds is 10. The Morgan fingerprint density at radius 2 is 1.65 bits per heavy atom. The van der Waals surface area contributed by atoms with Gasteiger partial charge in [-0.05, 0) is 42.7 Å². The molecule has 0 aromatic heterocycles. The van der Waals surface area contributed by atoms with E-state index in [1.54, 1.807) is 42.5 Å². The lowest BCUT2D eigenvalue weighted by atomic mass is 9.95. The lowest BCUT2D eigenvalue weighted by Crippen LogP contribution is -2.30. The molecule has 180 valence electrons. The predicted molar refractivity (Wildman–Crippen MR) is 129 cm³/mol. The van der Waals surface area contributed by atoms with E-state index in [2.05, 4.69) is 15.9 Å². The Kier molecular flexibility index (Phi) is 8.33. The highest BCUT2D eigenvalue weighted by Gasteiger charge is 2.46. The molecule has 1 heterocycles. The molecule has 0 bridgehead atoms. The van der Waals surface area contributed by atoms with Crippen LogP contribution in [0.25, 0.3) is 5.76 Å². The molecule has 2 aromatic rings. The number of aliphatic carboxylic acids is 1. The standard InChI is InChI=1S/C25H26BrNO7/c1-33-18-12-9-16(14-19(18)34-2)22-21(23(30)15-7-10-17(26)11-8-15)24(31)25(32)27(22)13-5-3-4-6-20(28)29/h7-12,14,22,30H,3-6,13H2,1-2H3,(H,28,29). The highest BCUT2D eigenvalue weighted by molar-refractivity contribution is 9.10. The van der Waals surface area contributed by atoms with Crippen LogP contribution in [0.4, 0.5) is 0 Å². The molecule has 0 spiro atoms. The molecule has 3 rings (SSSR count). The van der Waals surface area contributed by atoms with Crippen LogP contribution in [0.5, 0.6) is 11.5 Å². The van der Waals surface area contributed by atoms with Crippen LogP contribution in [0.3, 0.4) is 0 Å². The molecule has 1 amide bonds. The summed E-state index contributed by atoms with van der Waals surface area (Å²) in [5.41, 5.74) is 0.985. The van der Waals surface area contributed by atoms with Gasteiger partial charge in [0.1, 0.15) is 5.76 Å². The summed E-state index contributed by atoms with van der Waals surface area (Å²) in [4.78, 5) is 38.3. The summed E-state index contributed by atoms with van der Waals surface area (Å²) < 4.78 is 11.5. The van der Waals surface area contributed by atoms with Gasteiger partial charge in [-0.1, -0.05) is 40.5 Å². The van der Waals surface area contributed by atoms with E-state index in [4.69, 9.17) is 14.6 Å². The van der Waals surface area contributed by atoms with E-state index in [1.807, 2.05) is 0 Å². The molecule has 1 aliphatic heterocycles. The third kappa shape index (κ3) is 5.41. The summed E-state index contributed by atoms with van der Waals surface area (Å²) in [7, 11) is 3.00. The minimum Gasteiger partial charge on any atom is -0.507 e. The smallest absolute Gasteiger partial charge is 0.303 e. The fourth-order valence-electron chi connectivity index (χ4n) is 3.98. The van der Waals surface area contributed by atoms with E-state index in [9.17, 15) is 19.5 Å². The van der Waals surface area contributed by atoms with Gasteiger partial charge in [0.05, 0.1) is 25.8 Å². The van der Waals surface area contributed by atoms with Crippen molar-refractivity contribution in [2.45, 2.75) is 31.7 Å². The van der Waals surface area contributed by atoms with Gasteiger partial charge < -0.3 is 24.6 Å². The molecular formula is C25H26BrNO7. The van der Waals surface area contributed by atoms with E-state index in [0.717, 1.165) is 4.47 Å². The quantitative estimate of drug-likeness (QED) is 0.200. The largest absolute Gasteiger partial charge is 0.507 e. The first-order valence-electron chi connectivity index (χ1n) is 10.8. The van der Waals surface area contributed by atoms with E-state index < -0.39 is 23.7 Å². The lowest BCUT2D eigenvalue weighted by Gasteiger charge is -2.26. The number of hydrogen-bond donors (Lipinski definition) is 2. The van der Waals surface area contributed by atoms with Gasteiger partial charge in [-0.3, -0.25) is 14.4 Å². The Bertz CT molecular complexity index is 1110. The van der Waals surface area contributed by atoms with Crippen molar-refractivity contribution in [1.82, 2.24) is 4.90 Å². The van der Waals surface area contributed by atoms with Crippen LogP contribution in [-0.2, 0) is 14.4 Å². The molecule has 34 heavy (non-hydrogen) atoms. The number of unbranched alkanes of at least 4 members (excludes halogenated alkanes) is 2. The first-order chi connectivity index (χ1) is 16.3. The Morgan fingerprint density at radius 1 is 0.971 bits per heavy atom. The fraction of sp³-hybridized carbons (Fsp3) is 0.320. The number of halogens is 1. The number of aliphatic hydroxyl groups is 1. The highest BCUT2D eigenvalue weighted by Crippen LogP contribution is 2.42. The Morgan fingerprint density at radius 3 is 2.26 bits per heavy atom. The topological polar surface area (TPSA) is 113 Å². The van der Waals surface area contributed by atoms with E-state index in [0.29, 0.717) is 41.9 Å². The number of carboxylic acid groups (broad SMARTS) is 1. The minimum absolute atomic E-state index is 0.00919. The van der Waals surface area contributed by atoms with Gasteiger partial charge in [0, 0.05) is 23.0 Å². The summed E-state index contributed by atoms with van der Waals surface area (Å²) in [5.74, 6) is -1.71. The van der Waals surface area contributed by atoms with Crippen molar-refractivity contribution in [2.24, 2.45) is 0 Å². The molecule has 2 aromatic carbocycles. The molecule has 8 nitrogen and oxygen atoms in total. The highest BCUT2D eigenvalue weighted by atomic mass is 79.9. The first kappa shape index (κ1) is 25.3. The molecule has 1 fully saturated rings. The van der Waals surface area contributed by atoms with Crippen LogP contribution >= 0.6 is 15.9 Å². The minimum atomic E-state index is -0.875. The lowest BCUT2D eigenvalue weighted by molar-refractivity contribution is -0.140. The maximum Gasteiger partial charge on any atom is 0.303 e. The number of carboxylic acids is 1. The van der Waals surface area contributed by atoms with Crippen LogP contribution < -0.4 is 9.47 Å². The number of aliphatic hydroxyl groups excluding tert-OH is 1. The Labute approximate surface area is 205 Å². The monoisotopic (exact) mass is 531 g/mol. The molecule has 1 saturated heterocycles. The number of carbonyl (C=O) groups excluding carboxylic acids is 2. The van der Waals surface area contributed by atoms with Crippen molar-refractivity contribution in [3.63, 3.8) is 0 Å². The molecule has 9 heteroatoms. The van der Waals surface area contributed by atoms with Crippen molar-refractivity contribution in [3.8, 4) is 11.5 Å². The third-order valence-corrected chi connectivity index (χ3v) is 6.20. The summed E-state index contributed by atoms with van der Waals surface area (Å²) in [6.45, 7) is 0.236. The summed E-state index contributed by atoms with van der Waals surface area (Å²) in [5, 5.41) is 19.9. The number of ether oxygens (including phenoxy) is 2. The van der Waals surface area contributed by atoms with Gasteiger partial charge in [-0.25, -0.2) is 0 Å². The van der Waals surface area contributed by atoms with Crippen LogP contribution in [0.1, 0.15) is 42.9 Å². The van der Waals surface area contributed by atoms with Crippen molar-refractivity contribution in [3.05, 3.63) is 63.6 Å². The molecule has 2 N–H and O–H groups in total. The second-order valence-electron chi connectivity index (χ2n) is 7.82. The molecule has 1 aliphatic rings. The van der Waals surface area contributed by atoms with E-state index in [1.165, 1.54) is 19.1 Å². The van der Waals surface area contributed by atoms with Gasteiger partial charge in [-0.15, -0.1) is 0 Å². The summed E-state index contributed by atoms with van der Waals surface area (Å²) >= 11 is 3.35. The second kappa shape index (κ2) is 11.2. The fourth-order valence-corrected chi connectivity index (χ4v) is 4.24. The Hall–Kier alpha value is -3.33. The van der Waals surface area contributed by atoms with Crippen LogP contribution in [-0.4, -0.2) is 53.5 Å². The molecule has 1 atom stereocenters. The third-order valence-electron chi connectivity index (χ3n) is 5.67. The van der Waals surface area contributed by atoms with E-state index in [-0.39, 0.29) is 24.3 Å². The van der Waals surface area contributed by atoms with Gasteiger partial charge in [-0.2, -0.15) is 0 Å². The zero-order valence-corrected chi connectivity index (χ0v) is 20.5. The summed E-state index contributed by atoms with van der Waals surface area (Å²) in [6, 6.07) is 11.0. The number of likely N-dealkylation sites (tertiary alicyclic amines) is 1. The zero-order valence-electron chi connectivity index (χ0n) is 18.9. The number of benzene rings is 2. The molecule has 0 saturated carbocycles. The molecule has 1 unspecified atom stereocenters. The number of nitrogens with zero attached hydrogens (tertiary/aromatic N) is 1. The van der Waals surface area contributed by atoms with Gasteiger partial charge in [0.15, 0.2) is 11.5 Å². The van der Waals surface area contributed by atoms with Crippen LogP contribution in [0.2, 0.25) is 0 Å². The SMILES string of the molecule is COc1ccc(C2C(=C(O)c3ccc(Br)cc3)C(=O)C(=O)N2CCCCCC(=O)O)cc1OC. The van der Waals surface area contributed by atoms with E-state index >= 15 is 0 Å². The number of carbonyl (C=O) groups is 3. The normalized spacial score (nSPS) is 17.1. The van der Waals surface area contributed by atoms with Crippen molar-refractivity contribution in [2.75, 3.05) is 20.8 Å². The number of amides is 1. The van der Waals surface area contributed by atoms with Gasteiger partial charge >= 0.3 is 5.97 Å². The summed E-state index contributed by atoms with van der Waals surface area (Å²) in [6.07, 6.45) is 1.61. The van der Waals surface area contributed by atoms with Gasteiger partial charge in [0.25, 0.3) is 11.7 Å². The molecule has 0 radical (unpaired) electrons. The van der Waals surface area contributed by atoms with Gasteiger partial charge in [0.2, 0.25) is 0 Å². The zero-order chi connectivity index (χ0) is 24.8. The maximum absolute atomic E-state index is 13.1.